The average Bonchev–Trinajstić information content (AvgIpc) is 2.95. The van der Waals surface area contributed by atoms with E-state index in [2.05, 4.69) is 17.2 Å². The maximum Gasteiger partial charge on any atom is 0.417 e. The second kappa shape index (κ2) is 7.42. The van der Waals surface area contributed by atoms with Gasteiger partial charge in [-0.3, -0.25) is 9.20 Å². The fourth-order valence-electron chi connectivity index (χ4n) is 2.93. The Labute approximate surface area is 155 Å². The lowest BCUT2D eigenvalue weighted by atomic mass is 10.1. The highest BCUT2D eigenvalue weighted by atomic mass is 19.4. The highest BCUT2D eigenvalue weighted by Gasteiger charge is 2.31. The van der Waals surface area contributed by atoms with Gasteiger partial charge in [0.05, 0.1) is 11.3 Å². The summed E-state index contributed by atoms with van der Waals surface area (Å²) in [5.41, 5.74) is 1.68. The summed E-state index contributed by atoms with van der Waals surface area (Å²) in [6.07, 6.45) is -0.427. The molecule has 142 valence electrons. The molecule has 27 heavy (non-hydrogen) atoms. The molecule has 0 atom stereocenters. The number of alkyl halides is 3. The predicted molar refractivity (Wildman–Crippen MR) is 97.9 cm³/mol. The van der Waals surface area contributed by atoms with Gasteiger partial charge in [-0.05, 0) is 49.6 Å². The molecule has 2 heterocycles. The van der Waals surface area contributed by atoms with Gasteiger partial charge in [-0.2, -0.15) is 13.2 Å². The quantitative estimate of drug-likeness (QED) is 0.661. The fourth-order valence-corrected chi connectivity index (χ4v) is 2.93. The van der Waals surface area contributed by atoms with E-state index in [0.29, 0.717) is 17.0 Å². The molecule has 1 aromatic carbocycles. The molecule has 0 aliphatic carbocycles. The van der Waals surface area contributed by atoms with Crippen LogP contribution >= 0.6 is 0 Å². The van der Waals surface area contributed by atoms with E-state index in [1.807, 2.05) is 12.1 Å². The van der Waals surface area contributed by atoms with Crippen LogP contribution in [0.2, 0.25) is 0 Å². The van der Waals surface area contributed by atoms with E-state index in [9.17, 15) is 18.0 Å². The molecule has 2 aromatic heterocycles. The zero-order valence-electron chi connectivity index (χ0n) is 15.1. The molecule has 7 heteroatoms. The van der Waals surface area contributed by atoms with E-state index < -0.39 is 17.6 Å². The van der Waals surface area contributed by atoms with Gasteiger partial charge in [-0.15, -0.1) is 0 Å². The van der Waals surface area contributed by atoms with Crippen LogP contribution in [0.3, 0.4) is 0 Å². The van der Waals surface area contributed by atoms with Gasteiger partial charge in [0.1, 0.15) is 11.3 Å². The summed E-state index contributed by atoms with van der Waals surface area (Å²) >= 11 is 0. The highest BCUT2D eigenvalue weighted by Crippen LogP contribution is 2.30. The number of pyridine rings is 1. The van der Waals surface area contributed by atoms with Crippen LogP contribution < -0.4 is 5.32 Å². The minimum atomic E-state index is -4.49. The van der Waals surface area contributed by atoms with Gasteiger partial charge >= 0.3 is 6.18 Å². The fraction of sp³-hybridized carbons (Fsp3) is 0.300. The molecule has 0 unspecified atom stereocenters. The van der Waals surface area contributed by atoms with E-state index in [4.69, 9.17) is 0 Å². The number of carbonyl (C=O) groups excluding carboxylic acids is 1. The Kier molecular flexibility index (Phi) is 5.21. The lowest BCUT2D eigenvalue weighted by Crippen LogP contribution is -2.16. The van der Waals surface area contributed by atoms with Crippen LogP contribution in [0.1, 0.15) is 47.1 Å². The Bertz CT molecular complexity index is 959. The van der Waals surface area contributed by atoms with Crippen LogP contribution in [0.4, 0.5) is 18.9 Å². The molecule has 0 saturated heterocycles. The molecule has 0 aliphatic rings. The van der Waals surface area contributed by atoms with Crippen molar-refractivity contribution < 1.29 is 18.0 Å². The minimum Gasteiger partial charge on any atom is -0.321 e. The molecule has 0 aliphatic heterocycles. The van der Waals surface area contributed by atoms with Gasteiger partial charge in [0.2, 0.25) is 0 Å². The van der Waals surface area contributed by atoms with Crippen LogP contribution in [0, 0.1) is 6.92 Å². The van der Waals surface area contributed by atoms with Crippen LogP contribution in [-0.4, -0.2) is 15.3 Å². The van der Waals surface area contributed by atoms with Crippen LogP contribution in [-0.2, 0) is 12.6 Å². The Morgan fingerprint density at radius 3 is 2.48 bits per heavy atom. The Morgan fingerprint density at radius 2 is 1.85 bits per heavy atom. The smallest absolute Gasteiger partial charge is 0.321 e. The predicted octanol–water partition coefficient (Wildman–Crippen LogP) is 5.26. The number of anilines is 1. The first-order valence-corrected chi connectivity index (χ1v) is 8.76. The highest BCUT2D eigenvalue weighted by molar-refractivity contribution is 6.04. The lowest BCUT2D eigenvalue weighted by Gasteiger charge is -2.09. The monoisotopic (exact) mass is 375 g/mol. The number of fused-ring (bicyclic) bond motifs is 1. The molecule has 3 aromatic rings. The standard InChI is InChI=1S/C20H20F3N3O/c1-3-4-5-14-6-9-16(10-7-14)25-19(27)18-13(2)24-17-11-8-15(12-26(17)18)20(21,22)23/h6-12H,3-5H2,1-2H3,(H,25,27). The summed E-state index contributed by atoms with van der Waals surface area (Å²) < 4.78 is 40.2. The van der Waals surface area contributed by atoms with Crippen LogP contribution in [0.15, 0.2) is 42.6 Å². The molecule has 3 rings (SSSR count). The third kappa shape index (κ3) is 4.13. The SMILES string of the molecule is CCCCc1ccc(NC(=O)c2c(C)nc3ccc(C(F)(F)F)cn23)cc1. The van der Waals surface area contributed by atoms with Crippen molar-refractivity contribution in [2.75, 3.05) is 5.32 Å². The van der Waals surface area contributed by atoms with Gasteiger partial charge < -0.3 is 5.32 Å². The Morgan fingerprint density at radius 1 is 1.15 bits per heavy atom. The zero-order chi connectivity index (χ0) is 19.6. The number of aromatic nitrogens is 2. The van der Waals surface area contributed by atoms with Crippen molar-refractivity contribution in [3.8, 4) is 0 Å². The first-order chi connectivity index (χ1) is 12.8. The maximum absolute atomic E-state index is 13.0. The van der Waals surface area contributed by atoms with E-state index in [1.54, 1.807) is 19.1 Å². The first-order valence-electron chi connectivity index (χ1n) is 8.76. The normalized spacial score (nSPS) is 11.7. The number of nitrogens with one attached hydrogen (secondary N) is 1. The molecular weight excluding hydrogens is 355 g/mol. The molecule has 0 saturated carbocycles. The second-order valence-electron chi connectivity index (χ2n) is 6.44. The van der Waals surface area contributed by atoms with Crippen molar-refractivity contribution in [3.05, 3.63) is 65.1 Å². The van der Waals surface area contributed by atoms with Crippen LogP contribution in [0.25, 0.3) is 5.65 Å². The van der Waals surface area contributed by atoms with Gasteiger partial charge in [0.15, 0.2) is 0 Å². The Balaban J connectivity index is 1.87. The third-order valence-electron chi connectivity index (χ3n) is 4.37. The summed E-state index contributed by atoms with van der Waals surface area (Å²) in [6.45, 7) is 3.72. The third-order valence-corrected chi connectivity index (χ3v) is 4.37. The van der Waals surface area contributed by atoms with Crippen LogP contribution in [0.5, 0.6) is 0 Å². The number of carbonyl (C=O) groups is 1. The van der Waals surface area contributed by atoms with E-state index >= 15 is 0 Å². The lowest BCUT2D eigenvalue weighted by molar-refractivity contribution is -0.137. The number of halogens is 3. The molecule has 1 amide bonds. The molecule has 0 bridgehead atoms. The number of nitrogens with zero attached hydrogens (tertiary/aromatic N) is 2. The number of unbranched alkanes of at least 4 members (excludes halogenated alkanes) is 1. The molecule has 0 fully saturated rings. The summed E-state index contributed by atoms with van der Waals surface area (Å²) in [5, 5.41) is 2.74. The number of aryl methyl sites for hydroxylation is 2. The molecular formula is C20H20F3N3O. The van der Waals surface area contributed by atoms with Crippen molar-refractivity contribution >= 4 is 17.2 Å². The second-order valence-corrected chi connectivity index (χ2v) is 6.44. The number of amides is 1. The van der Waals surface area contributed by atoms with Gasteiger partial charge in [0, 0.05) is 11.9 Å². The largest absolute Gasteiger partial charge is 0.417 e. The van der Waals surface area contributed by atoms with E-state index in [1.165, 1.54) is 16.0 Å². The number of hydrogen-bond acceptors (Lipinski definition) is 2. The van der Waals surface area contributed by atoms with Crippen molar-refractivity contribution in [2.24, 2.45) is 0 Å². The summed E-state index contributed by atoms with van der Waals surface area (Å²) in [6, 6.07) is 9.68. The summed E-state index contributed by atoms with van der Waals surface area (Å²) in [7, 11) is 0. The number of rotatable bonds is 5. The minimum absolute atomic E-state index is 0.0890. The van der Waals surface area contributed by atoms with E-state index in [0.717, 1.165) is 31.5 Å². The number of imidazole rings is 1. The average molecular weight is 375 g/mol. The van der Waals surface area contributed by atoms with Gasteiger partial charge in [-0.25, -0.2) is 4.98 Å². The number of benzene rings is 1. The number of hydrogen-bond donors (Lipinski definition) is 1. The van der Waals surface area contributed by atoms with Crippen molar-refractivity contribution in [3.63, 3.8) is 0 Å². The maximum atomic E-state index is 13.0. The first kappa shape index (κ1) is 18.9. The van der Waals surface area contributed by atoms with Gasteiger partial charge in [0.25, 0.3) is 5.91 Å². The molecule has 1 N–H and O–H groups in total. The molecule has 4 nitrogen and oxygen atoms in total. The van der Waals surface area contributed by atoms with Crippen molar-refractivity contribution in [1.29, 1.82) is 0 Å². The van der Waals surface area contributed by atoms with Crippen molar-refractivity contribution in [1.82, 2.24) is 9.38 Å². The van der Waals surface area contributed by atoms with E-state index in [-0.39, 0.29) is 5.69 Å². The van der Waals surface area contributed by atoms with Crippen molar-refractivity contribution in [2.45, 2.75) is 39.3 Å². The summed E-state index contributed by atoms with van der Waals surface area (Å²) in [4.78, 5) is 16.9. The zero-order valence-corrected chi connectivity index (χ0v) is 15.1. The Hall–Kier alpha value is -2.83. The molecule has 0 spiro atoms. The summed E-state index contributed by atoms with van der Waals surface area (Å²) in [5.74, 6) is -0.499. The van der Waals surface area contributed by atoms with Gasteiger partial charge in [-0.1, -0.05) is 25.5 Å². The topological polar surface area (TPSA) is 46.4 Å². The molecule has 0 radical (unpaired) electrons.